The van der Waals surface area contributed by atoms with Gasteiger partial charge < -0.3 is 14.7 Å². The molecule has 8 nitrogen and oxygen atoms in total. The van der Waals surface area contributed by atoms with Crippen molar-refractivity contribution < 1.29 is 9.21 Å². The van der Waals surface area contributed by atoms with Crippen LogP contribution in [0.15, 0.2) is 50.6 Å². The molecule has 1 amide bonds. The SMILES string of the molecule is CCN(CC)C(CNC(=O)c1ccc2c(=O)n(CC)c(=O)[nH]c2c1)c1ccco1. The molecule has 154 valence electrons. The molecule has 1 atom stereocenters. The van der Waals surface area contributed by atoms with Crippen molar-refractivity contribution in [1.29, 1.82) is 0 Å². The van der Waals surface area contributed by atoms with Crippen LogP contribution >= 0.6 is 0 Å². The third kappa shape index (κ3) is 4.17. The summed E-state index contributed by atoms with van der Waals surface area (Å²) < 4.78 is 6.68. The highest BCUT2D eigenvalue weighted by Gasteiger charge is 2.21. The van der Waals surface area contributed by atoms with Gasteiger partial charge in [0.05, 0.1) is 23.2 Å². The average Bonchev–Trinajstić information content (AvgIpc) is 3.25. The summed E-state index contributed by atoms with van der Waals surface area (Å²) in [4.78, 5) is 42.0. The van der Waals surface area contributed by atoms with Crippen LogP contribution in [-0.4, -0.2) is 40.0 Å². The van der Waals surface area contributed by atoms with E-state index in [0.717, 1.165) is 23.4 Å². The van der Waals surface area contributed by atoms with E-state index in [-0.39, 0.29) is 24.1 Å². The van der Waals surface area contributed by atoms with Crippen LogP contribution in [0, 0.1) is 0 Å². The third-order valence-corrected chi connectivity index (χ3v) is 5.14. The van der Waals surface area contributed by atoms with Gasteiger partial charge in [0.2, 0.25) is 0 Å². The summed E-state index contributed by atoms with van der Waals surface area (Å²) in [6, 6.07) is 8.35. The van der Waals surface area contributed by atoms with Crippen molar-refractivity contribution in [2.75, 3.05) is 19.6 Å². The predicted octanol–water partition coefficient (Wildman–Crippen LogP) is 2.12. The van der Waals surface area contributed by atoms with Gasteiger partial charge in [-0.3, -0.25) is 19.1 Å². The molecule has 0 saturated carbocycles. The molecule has 2 heterocycles. The van der Waals surface area contributed by atoms with Crippen LogP contribution in [0.4, 0.5) is 0 Å². The summed E-state index contributed by atoms with van der Waals surface area (Å²) >= 11 is 0. The van der Waals surface area contributed by atoms with Crippen molar-refractivity contribution in [3.05, 3.63) is 68.8 Å². The molecule has 29 heavy (non-hydrogen) atoms. The normalized spacial score (nSPS) is 12.4. The Hall–Kier alpha value is -3.13. The molecule has 8 heteroatoms. The van der Waals surface area contributed by atoms with Gasteiger partial charge in [-0.05, 0) is 50.3 Å². The molecule has 0 aliphatic rings. The Labute approximate surface area is 168 Å². The lowest BCUT2D eigenvalue weighted by molar-refractivity contribution is 0.0930. The second-order valence-corrected chi connectivity index (χ2v) is 6.70. The van der Waals surface area contributed by atoms with Crippen LogP contribution in [0.5, 0.6) is 0 Å². The zero-order valence-electron chi connectivity index (χ0n) is 16.9. The number of likely N-dealkylation sites (N-methyl/N-ethyl adjacent to an activating group) is 1. The minimum atomic E-state index is -0.484. The number of furan rings is 1. The van der Waals surface area contributed by atoms with Crippen LogP contribution in [0.2, 0.25) is 0 Å². The number of hydrogen-bond donors (Lipinski definition) is 2. The maximum Gasteiger partial charge on any atom is 0.328 e. The summed E-state index contributed by atoms with van der Waals surface area (Å²) in [6.07, 6.45) is 1.62. The van der Waals surface area contributed by atoms with Crippen LogP contribution in [0.1, 0.15) is 42.9 Å². The second kappa shape index (κ2) is 8.91. The summed E-state index contributed by atoms with van der Waals surface area (Å²) in [7, 11) is 0. The van der Waals surface area contributed by atoms with Crippen molar-refractivity contribution in [3.63, 3.8) is 0 Å². The van der Waals surface area contributed by atoms with Crippen LogP contribution in [0.3, 0.4) is 0 Å². The van der Waals surface area contributed by atoms with Crippen molar-refractivity contribution in [3.8, 4) is 0 Å². The van der Waals surface area contributed by atoms with Gasteiger partial charge in [-0.15, -0.1) is 0 Å². The van der Waals surface area contributed by atoms with E-state index in [0.29, 0.717) is 23.0 Å². The molecular formula is C21H26N4O4. The highest BCUT2D eigenvalue weighted by Crippen LogP contribution is 2.20. The molecule has 2 aromatic heterocycles. The molecule has 0 spiro atoms. The van der Waals surface area contributed by atoms with Crippen molar-refractivity contribution >= 4 is 16.8 Å². The highest BCUT2D eigenvalue weighted by molar-refractivity contribution is 5.97. The fourth-order valence-corrected chi connectivity index (χ4v) is 3.53. The Morgan fingerprint density at radius 3 is 2.59 bits per heavy atom. The maximum absolute atomic E-state index is 12.7. The number of aromatic nitrogens is 2. The second-order valence-electron chi connectivity index (χ2n) is 6.70. The largest absolute Gasteiger partial charge is 0.468 e. The lowest BCUT2D eigenvalue weighted by atomic mass is 10.1. The molecule has 1 aromatic carbocycles. The van der Waals surface area contributed by atoms with Crippen molar-refractivity contribution in [2.24, 2.45) is 0 Å². The van der Waals surface area contributed by atoms with E-state index < -0.39 is 5.69 Å². The lowest BCUT2D eigenvalue weighted by Gasteiger charge is -2.28. The zero-order valence-corrected chi connectivity index (χ0v) is 16.9. The lowest BCUT2D eigenvalue weighted by Crippen LogP contribution is -2.38. The van der Waals surface area contributed by atoms with Gasteiger partial charge in [-0.25, -0.2) is 4.79 Å². The van der Waals surface area contributed by atoms with Crippen molar-refractivity contribution in [1.82, 2.24) is 19.8 Å². The molecule has 1 unspecified atom stereocenters. The van der Waals surface area contributed by atoms with E-state index in [1.165, 1.54) is 6.07 Å². The van der Waals surface area contributed by atoms with Crippen molar-refractivity contribution in [2.45, 2.75) is 33.4 Å². The Morgan fingerprint density at radius 2 is 1.97 bits per heavy atom. The van der Waals surface area contributed by atoms with E-state index in [1.807, 2.05) is 12.1 Å². The first-order valence-electron chi connectivity index (χ1n) is 9.82. The molecular weight excluding hydrogens is 372 g/mol. The summed E-state index contributed by atoms with van der Waals surface area (Å²) in [5.41, 5.74) is -0.122. The first-order valence-corrected chi connectivity index (χ1v) is 9.82. The topological polar surface area (TPSA) is 100 Å². The quantitative estimate of drug-likeness (QED) is 0.605. The van der Waals surface area contributed by atoms with Crippen LogP contribution < -0.4 is 16.6 Å². The number of nitrogens with zero attached hydrogens (tertiary/aromatic N) is 2. The molecule has 0 radical (unpaired) electrons. The van der Waals surface area contributed by atoms with Gasteiger partial charge in [0.15, 0.2) is 0 Å². The number of rotatable bonds is 8. The minimum absolute atomic E-state index is 0.0824. The molecule has 0 fully saturated rings. The Kier molecular flexibility index (Phi) is 6.33. The number of H-pyrrole nitrogens is 1. The number of benzene rings is 1. The summed E-state index contributed by atoms with van der Waals surface area (Å²) in [5, 5.41) is 3.31. The van der Waals surface area contributed by atoms with E-state index >= 15 is 0 Å². The zero-order chi connectivity index (χ0) is 21.0. The Morgan fingerprint density at radius 1 is 1.21 bits per heavy atom. The fraction of sp³-hybridized carbons (Fsp3) is 0.381. The summed E-state index contributed by atoms with van der Waals surface area (Å²) in [6.45, 7) is 8.15. The Bertz CT molecular complexity index is 1090. The first-order chi connectivity index (χ1) is 14.0. The number of carbonyl (C=O) groups excluding carboxylic acids is 1. The van der Waals surface area contributed by atoms with Gasteiger partial charge in [0.25, 0.3) is 11.5 Å². The molecule has 2 N–H and O–H groups in total. The highest BCUT2D eigenvalue weighted by atomic mass is 16.3. The first kappa shape index (κ1) is 20.6. The van der Waals surface area contributed by atoms with E-state index in [2.05, 4.69) is 29.0 Å². The number of hydrogen-bond acceptors (Lipinski definition) is 5. The third-order valence-electron chi connectivity index (χ3n) is 5.14. The number of aromatic amines is 1. The van der Waals surface area contributed by atoms with Gasteiger partial charge in [0.1, 0.15) is 5.76 Å². The molecule has 0 aliphatic carbocycles. The molecule has 3 rings (SSSR count). The number of carbonyl (C=O) groups is 1. The monoisotopic (exact) mass is 398 g/mol. The smallest absolute Gasteiger partial charge is 0.328 e. The van der Waals surface area contributed by atoms with Gasteiger partial charge in [-0.2, -0.15) is 0 Å². The van der Waals surface area contributed by atoms with E-state index in [4.69, 9.17) is 4.42 Å². The Balaban J connectivity index is 1.83. The summed E-state index contributed by atoms with van der Waals surface area (Å²) in [5.74, 6) is 0.507. The molecule has 0 aliphatic heterocycles. The predicted molar refractivity (Wildman–Crippen MR) is 111 cm³/mol. The molecule has 0 bridgehead atoms. The van der Waals surface area contributed by atoms with Gasteiger partial charge >= 0.3 is 5.69 Å². The van der Waals surface area contributed by atoms with Crippen LogP contribution in [0.25, 0.3) is 10.9 Å². The number of amides is 1. The number of fused-ring (bicyclic) bond motifs is 1. The van der Waals surface area contributed by atoms with Crippen LogP contribution in [-0.2, 0) is 6.54 Å². The number of nitrogens with one attached hydrogen (secondary N) is 2. The van der Waals surface area contributed by atoms with E-state index in [9.17, 15) is 14.4 Å². The molecule has 3 aromatic rings. The maximum atomic E-state index is 12.7. The van der Waals surface area contributed by atoms with E-state index in [1.54, 1.807) is 25.3 Å². The fourth-order valence-electron chi connectivity index (χ4n) is 3.53. The van der Waals surface area contributed by atoms with Gasteiger partial charge in [0, 0.05) is 18.7 Å². The van der Waals surface area contributed by atoms with Gasteiger partial charge in [-0.1, -0.05) is 13.8 Å². The average molecular weight is 398 g/mol. The minimum Gasteiger partial charge on any atom is -0.468 e. The standard InChI is InChI=1S/C21H26N4O4/c1-4-24(5-2)17(18-8-7-11-29-18)13-22-19(26)14-9-10-15-16(12-14)23-21(28)25(6-3)20(15)27/h7-12,17H,4-6,13H2,1-3H3,(H,22,26)(H,23,28). The molecule has 0 saturated heterocycles.